The predicted octanol–water partition coefficient (Wildman–Crippen LogP) is 2.48. The number of hydrogen-bond donors (Lipinski definition) is 1. The van der Waals surface area contributed by atoms with Crippen molar-refractivity contribution in [1.82, 2.24) is 15.3 Å². The molecule has 0 radical (unpaired) electrons. The Bertz CT molecular complexity index is 572. The normalized spacial score (nSPS) is 10.1. The van der Waals surface area contributed by atoms with E-state index in [4.69, 9.17) is 0 Å². The van der Waals surface area contributed by atoms with Crippen molar-refractivity contribution in [2.75, 3.05) is 0 Å². The van der Waals surface area contributed by atoms with Crippen LogP contribution in [0.15, 0.2) is 41.3 Å². The van der Waals surface area contributed by atoms with Gasteiger partial charge in [-0.3, -0.25) is 9.78 Å². The molecule has 5 heteroatoms. The average Bonchev–Trinajstić information content (AvgIpc) is 2.37. The SMILES string of the molecule is Cc1ccncc1CNC(=O)c1cccc(Br)n1. The summed E-state index contributed by atoms with van der Waals surface area (Å²) in [6.45, 7) is 2.44. The summed E-state index contributed by atoms with van der Waals surface area (Å²) in [5.74, 6) is -0.195. The van der Waals surface area contributed by atoms with Gasteiger partial charge in [0, 0.05) is 18.9 Å². The molecule has 1 N–H and O–H groups in total. The lowest BCUT2D eigenvalue weighted by Gasteiger charge is -2.07. The number of rotatable bonds is 3. The molecule has 0 fully saturated rings. The maximum Gasteiger partial charge on any atom is 0.270 e. The van der Waals surface area contributed by atoms with Crippen LogP contribution in [0, 0.1) is 6.92 Å². The van der Waals surface area contributed by atoms with Crippen molar-refractivity contribution in [3.05, 3.63) is 58.1 Å². The molecule has 2 heterocycles. The molecule has 1 amide bonds. The topological polar surface area (TPSA) is 54.9 Å². The van der Waals surface area contributed by atoms with Gasteiger partial charge in [-0.2, -0.15) is 0 Å². The van der Waals surface area contributed by atoms with Crippen LogP contribution in [0.4, 0.5) is 0 Å². The van der Waals surface area contributed by atoms with Gasteiger partial charge in [-0.25, -0.2) is 4.98 Å². The molecule has 0 aliphatic rings. The van der Waals surface area contributed by atoms with Gasteiger partial charge in [0.05, 0.1) is 0 Å². The van der Waals surface area contributed by atoms with Crippen molar-refractivity contribution < 1.29 is 4.79 Å². The van der Waals surface area contributed by atoms with Crippen molar-refractivity contribution in [3.8, 4) is 0 Å². The summed E-state index contributed by atoms with van der Waals surface area (Å²) in [5.41, 5.74) is 2.50. The van der Waals surface area contributed by atoms with Crippen LogP contribution in [-0.2, 0) is 6.54 Å². The summed E-state index contributed by atoms with van der Waals surface area (Å²) in [5, 5.41) is 2.82. The van der Waals surface area contributed by atoms with Gasteiger partial charge in [-0.1, -0.05) is 6.07 Å². The van der Waals surface area contributed by atoms with E-state index in [1.165, 1.54) is 0 Å². The van der Waals surface area contributed by atoms with E-state index >= 15 is 0 Å². The Kier molecular flexibility index (Phi) is 4.04. The number of carbonyl (C=O) groups is 1. The van der Waals surface area contributed by atoms with E-state index in [9.17, 15) is 4.79 Å². The molecule has 2 rings (SSSR count). The Morgan fingerprint density at radius 3 is 2.94 bits per heavy atom. The first-order valence-corrected chi connectivity index (χ1v) is 6.26. The lowest BCUT2D eigenvalue weighted by molar-refractivity contribution is 0.0945. The second-order valence-electron chi connectivity index (χ2n) is 3.83. The zero-order valence-electron chi connectivity index (χ0n) is 9.85. The lowest BCUT2D eigenvalue weighted by Crippen LogP contribution is -2.24. The Morgan fingerprint density at radius 2 is 2.22 bits per heavy atom. The van der Waals surface area contributed by atoms with E-state index in [2.05, 4.69) is 31.2 Å². The van der Waals surface area contributed by atoms with Crippen LogP contribution in [-0.4, -0.2) is 15.9 Å². The molecule has 0 atom stereocenters. The minimum atomic E-state index is -0.195. The highest BCUT2D eigenvalue weighted by molar-refractivity contribution is 9.10. The molecule has 0 unspecified atom stereocenters. The van der Waals surface area contributed by atoms with Crippen molar-refractivity contribution >= 4 is 21.8 Å². The quantitative estimate of drug-likeness (QED) is 0.886. The number of amides is 1. The third kappa shape index (κ3) is 3.13. The summed E-state index contributed by atoms with van der Waals surface area (Å²) in [7, 11) is 0. The maximum absolute atomic E-state index is 11.9. The minimum absolute atomic E-state index is 0.195. The first kappa shape index (κ1) is 12.7. The van der Waals surface area contributed by atoms with Gasteiger partial charge in [0.1, 0.15) is 10.3 Å². The Labute approximate surface area is 114 Å². The molecular weight excluding hydrogens is 294 g/mol. The number of nitrogens with one attached hydrogen (secondary N) is 1. The zero-order chi connectivity index (χ0) is 13.0. The van der Waals surface area contributed by atoms with Crippen LogP contribution in [0.1, 0.15) is 21.6 Å². The van der Waals surface area contributed by atoms with Crippen molar-refractivity contribution in [2.24, 2.45) is 0 Å². The lowest BCUT2D eigenvalue weighted by atomic mass is 10.1. The minimum Gasteiger partial charge on any atom is -0.347 e. The fourth-order valence-electron chi connectivity index (χ4n) is 1.48. The molecular formula is C13H12BrN3O. The maximum atomic E-state index is 11.9. The number of aryl methyl sites for hydroxylation is 1. The summed E-state index contributed by atoms with van der Waals surface area (Å²) >= 11 is 3.24. The molecule has 0 aliphatic carbocycles. The van der Waals surface area contributed by atoms with E-state index < -0.39 is 0 Å². The highest BCUT2D eigenvalue weighted by Gasteiger charge is 2.07. The first-order chi connectivity index (χ1) is 8.66. The third-order valence-corrected chi connectivity index (χ3v) is 2.98. The number of halogens is 1. The second kappa shape index (κ2) is 5.73. The molecule has 0 aliphatic heterocycles. The third-order valence-electron chi connectivity index (χ3n) is 2.53. The molecule has 0 saturated carbocycles. The molecule has 18 heavy (non-hydrogen) atoms. The molecule has 2 aromatic heterocycles. The summed E-state index contributed by atoms with van der Waals surface area (Å²) in [6.07, 6.45) is 3.49. The zero-order valence-corrected chi connectivity index (χ0v) is 11.4. The van der Waals surface area contributed by atoms with Crippen LogP contribution in [0.2, 0.25) is 0 Å². The van der Waals surface area contributed by atoms with E-state index in [-0.39, 0.29) is 5.91 Å². The van der Waals surface area contributed by atoms with E-state index in [1.807, 2.05) is 13.0 Å². The largest absolute Gasteiger partial charge is 0.347 e. The summed E-state index contributed by atoms with van der Waals surface area (Å²) in [6, 6.07) is 7.15. The predicted molar refractivity (Wildman–Crippen MR) is 72.1 cm³/mol. The molecule has 4 nitrogen and oxygen atoms in total. The fourth-order valence-corrected chi connectivity index (χ4v) is 1.83. The van der Waals surface area contributed by atoms with Gasteiger partial charge in [0.2, 0.25) is 0 Å². The summed E-state index contributed by atoms with van der Waals surface area (Å²) < 4.78 is 0.646. The monoisotopic (exact) mass is 305 g/mol. The second-order valence-corrected chi connectivity index (χ2v) is 4.64. The van der Waals surface area contributed by atoms with E-state index in [0.717, 1.165) is 11.1 Å². The molecule has 0 bridgehead atoms. The average molecular weight is 306 g/mol. The van der Waals surface area contributed by atoms with Crippen LogP contribution in [0.25, 0.3) is 0 Å². The number of aromatic nitrogens is 2. The molecule has 2 aromatic rings. The highest BCUT2D eigenvalue weighted by Crippen LogP contribution is 2.07. The first-order valence-electron chi connectivity index (χ1n) is 5.47. The Hall–Kier alpha value is -1.75. The van der Waals surface area contributed by atoms with Crippen LogP contribution in [0.3, 0.4) is 0 Å². The van der Waals surface area contributed by atoms with E-state index in [1.54, 1.807) is 30.6 Å². The molecule has 0 spiro atoms. The van der Waals surface area contributed by atoms with Gasteiger partial charge in [-0.05, 0) is 52.2 Å². The van der Waals surface area contributed by atoms with Gasteiger partial charge in [0.15, 0.2) is 0 Å². The van der Waals surface area contributed by atoms with Crippen molar-refractivity contribution in [1.29, 1.82) is 0 Å². The molecule has 92 valence electrons. The van der Waals surface area contributed by atoms with Crippen molar-refractivity contribution in [2.45, 2.75) is 13.5 Å². The van der Waals surface area contributed by atoms with Crippen LogP contribution in [0.5, 0.6) is 0 Å². The fraction of sp³-hybridized carbons (Fsp3) is 0.154. The van der Waals surface area contributed by atoms with Crippen LogP contribution < -0.4 is 5.32 Å². The van der Waals surface area contributed by atoms with Crippen LogP contribution >= 0.6 is 15.9 Å². The molecule has 0 saturated heterocycles. The van der Waals surface area contributed by atoms with Gasteiger partial charge >= 0.3 is 0 Å². The number of carbonyl (C=O) groups excluding carboxylic acids is 1. The number of hydrogen-bond acceptors (Lipinski definition) is 3. The van der Waals surface area contributed by atoms with Gasteiger partial charge in [0.25, 0.3) is 5.91 Å². The number of pyridine rings is 2. The Morgan fingerprint density at radius 1 is 1.39 bits per heavy atom. The highest BCUT2D eigenvalue weighted by atomic mass is 79.9. The van der Waals surface area contributed by atoms with Gasteiger partial charge in [-0.15, -0.1) is 0 Å². The molecule has 0 aromatic carbocycles. The summed E-state index contributed by atoms with van der Waals surface area (Å²) in [4.78, 5) is 20.0. The smallest absolute Gasteiger partial charge is 0.270 e. The van der Waals surface area contributed by atoms with Crippen molar-refractivity contribution in [3.63, 3.8) is 0 Å². The standard InChI is InChI=1S/C13H12BrN3O/c1-9-5-6-15-7-10(9)8-16-13(18)11-3-2-4-12(14)17-11/h2-7H,8H2,1H3,(H,16,18). The van der Waals surface area contributed by atoms with E-state index in [0.29, 0.717) is 16.8 Å². The Balaban J connectivity index is 2.03. The number of nitrogens with zero attached hydrogens (tertiary/aromatic N) is 2. The van der Waals surface area contributed by atoms with Gasteiger partial charge < -0.3 is 5.32 Å².